The van der Waals surface area contributed by atoms with Crippen LogP contribution in [0.2, 0.25) is 0 Å². The second kappa shape index (κ2) is 13.5. The zero-order valence-electron chi connectivity index (χ0n) is 22.6. The van der Waals surface area contributed by atoms with Crippen LogP contribution < -0.4 is 20.1 Å². The summed E-state index contributed by atoms with van der Waals surface area (Å²) in [4.78, 5) is 23.5. The van der Waals surface area contributed by atoms with Gasteiger partial charge in [-0.05, 0) is 59.5 Å². The number of hydrogen-bond acceptors (Lipinski definition) is 5. The molecule has 0 saturated heterocycles. The van der Waals surface area contributed by atoms with E-state index in [2.05, 4.69) is 29.3 Å². The van der Waals surface area contributed by atoms with Crippen molar-refractivity contribution in [3.63, 3.8) is 0 Å². The van der Waals surface area contributed by atoms with Gasteiger partial charge >= 0.3 is 0 Å². The van der Waals surface area contributed by atoms with Crippen molar-refractivity contribution >= 4 is 33.6 Å². The van der Waals surface area contributed by atoms with Gasteiger partial charge in [-0.2, -0.15) is 0 Å². The first-order chi connectivity index (χ1) is 18.9. The minimum Gasteiger partial charge on any atom is -0.490 e. The van der Waals surface area contributed by atoms with Gasteiger partial charge in [-0.3, -0.25) is 9.59 Å². The third-order valence-electron chi connectivity index (χ3n) is 6.45. The summed E-state index contributed by atoms with van der Waals surface area (Å²) in [5.74, 6) is 1.49. The number of carbonyl (C=O) groups is 2. The number of nitrogens with one attached hydrogen (secondary N) is 2. The van der Waals surface area contributed by atoms with Gasteiger partial charge in [0.05, 0.1) is 6.26 Å². The third kappa shape index (κ3) is 7.63. The van der Waals surface area contributed by atoms with Crippen LogP contribution >= 0.6 is 0 Å². The number of furan rings is 1. The van der Waals surface area contributed by atoms with Crippen LogP contribution in [0.1, 0.15) is 31.4 Å². The lowest BCUT2D eigenvalue weighted by molar-refractivity contribution is -0.124. The van der Waals surface area contributed by atoms with Crippen LogP contribution in [-0.2, 0) is 22.4 Å². The average Bonchev–Trinajstić information content (AvgIpc) is 3.33. The standard InChI is InChI=1S/C32H36N2O5/c1-4-6-31(35)33-15-13-24-8-5-7-23-9-10-26(19-28(23)24)37-17-18-38-27-11-12-30-29(20-27)25(21-39-30)14-16-34-32(36)22(2)3/h4-5,7-12,19-22H,1,6,13-18H2,2-3H3,(H,33,35)(H,34,36). The second-order valence-electron chi connectivity index (χ2n) is 9.70. The summed E-state index contributed by atoms with van der Waals surface area (Å²) in [6.45, 7) is 9.26. The second-order valence-corrected chi connectivity index (χ2v) is 9.70. The fourth-order valence-electron chi connectivity index (χ4n) is 4.35. The Hall–Kier alpha value is -4.26. The third-order valence-corrected chi connectivity index (χ3v) is 6.45. The molecule has 1 heterocycles. The molecule has 0 aliphatic rings. The Bertz CT molecular complexity index is 1440. The fourth-order valence-corrected chi connectivity index (χ4v) is 4.35. The first-order valence-electron chi connectivity index (χ1n) is 13.4. The molecule has 7 heteroatoms. The van der Waals surface area contributed by atoms with Gasteiger partial charge in [0.2, 0.25) is 11.8 Å². The van der Waals surface area contributed by atoms with Gasteiger partial charge < -0.3 is 24.5 Å². The molecule has 0 unspecified atom stereocenters. The molecule has 4 aromatic rings. The minimum absolute atomic E-state index is 0.0208. The Morgan fingerprint density at radius 2 is 1.59 bits per heavy atom. The number of benzene rings is 3. The number of fused-ring (bicyclic) bond motifs is 2. The van der Waals surface area contributed by atoms with E-state index in [1.807, 2.05) is 56.3 Å². The van der Waals surface area contributed by atoms with E-state index in [4.69, 9.17) is 13.9 Å². The maximum Gasteiger partial charge on any atom is 0.223 e. The molecule has 4 rings (SSSR count). The van der Waals surface area contributed by atoms with Crippen molar-refractivity contribution in [2.45, 2.75) is 33.1 Å². The lowest BCUT2D eigenvalue weighted by Crippen LogP contribution is -2.29. The molecule has 2 N–H and O–H groups in total. The number of amides is 2. The van der Waals surface area contributed by atoms with Gasteiger partial charge in [-0.25, -0.2) is 0 Å². The molecule has 0 spiro atoms. The van der Waals surface area contributed by atoms with Crippen LogP contribution in [-0.4, -0.2) is 38.1 Å². The Labute approximate surface area is 229 Å². The molecule has 0 saturated carbocycles. The van der Waals surface area contributed by atoms with Crippen LogP contribution in [0.25, 0.3) is 21.7 Å². The number of carbonyl (C=O) groups excluding carboxylic acids is 2. The van der Waals surface area contributed by atoms with Crippen molar-refractivity contribution in [3.05, 3.63) is 84.6 Å². The minimum atomic E-state index is -0.0355. The zero-order valence-corrected chi connectivity index (χ0v) is 22.6. The molecular weight excluding hydrogens is 492 g/mol. The number of rotatable bonds is 14. The highest BCUT2D eigenvalue weighted by atomic mass is 16.5. The molecule has 0 aliphatic carbocycles. The maximum absolute atomic E-state index is 11.8. The molecule has 3 aromatic carbocycles. The predicted octanol–water partition coefficient (Wildman–Crippen LogP) is 5.59. The van der Waals surface area contributed by atoms with E-state index in [0.717, 1.165) is 50.8 Å². The van der Waals surface area contributed by atoms with Crippen molar-refractivity contribution in [1.29, 1.82) is 0 Å². The normalized spacial score (nSPS) is 11.1. The lowest BCUT2D eigenvalue weighted by atomic mass is 10.0. The quantitative estimate of drug-likeness (QED) is 0.164. The summed E-state index contributed by atoms with van der Waals surface area (Å²) in [6.07, 6.45) is 5.08. The number of ether oxygens (including phenoxy) is 2. The van der Waals surface area contributed by atoms with Crippen molar-refractivity contribution in [1.82, 2.24) is 10.6 Å². The van der Waals surface area contributed by atoms with E-state index in [9.17, 15) is 9.59 Å². The molecule has 0 aliphatic heterocycles. The van der Waals surface area contributed by atoms with Crippen LogP contribution in [0.15, 0.2) is 77.9 Å². The monoisotopic (exact) mass is 528 g/mol. The highest BCUT2D eigenvalue weighted by Crippen LogP contribution is 2.27. The summed E-state index contributed by atoms with van der Waals surface area (Å²) in [5.41, 5.74) is 2.97. The van der Waals surface area contributed by atoms with Gasteiger partial charge in [0.15, 0.2) is 0 Å². The van der Waals surface area contributed by atoms with E-state index < -0.39 is 0 Å². The predicted molar refractivity (Wildman–Crippen MR) is 154 cm³/mol. The SMILES string of the molecule is C=CCC(=O)NCCc1cccc2ccc(OCCOc3ccc4occ(CCNC(=O)C(C)C)c4c3)cc12. The summed E-state index contributed by atoms with van der Waals surface area (Å²) in [5, 5.41) is 9.08. The summed E-state index contributed by atoms with van der Waals surface area (Å²) < 4.78 is 17.6. The Balaban J connectivity index is 1.30. The van der Waals surface area contributed by atoms with Gasteiger partial charge in [-0.1, -0.05) is 44.2 Å². The molecule has 0 radical (unpaired) electrons. The highest BCUT2D eigenvalue weighted by molar-refractivity contribution is 5.87. The topological polar surface area (TPSA) is 89.8 Å². The largest absolute Gasteiger partial charge is 0.490 e. The van der Waals surface area contributed by atoms with Crippen LogP contribution in [0.5, 0.6) is 11.5 Å². The molecule has 0 fully saturated rings. The molecule has 2 amide bonds. The molecule has 204 valence electrons. The smallest absolute Gasteiger partial charge is 0.223 e. The van der Waals surface area contributed by atoms with E-state index in [1.54, 1.807) is 12.3 Å². The first kappa shape index (κ1) is 27.8. The van der Waals surface area contributed by atoms with Gasteiger partial charge in [0.1, 0.15) is 30.3 Å². The highest BCUT2D eigenvalue weighted by Gasteiger charge is 2.10. The summed E-state index contributed by atoms with van der Waals surface area (Å²) in [6, 6.07) is 18.0. The van der Waals surface area contributed by atoms with Crippen LogP contribution in [0, 0.1) is 5.92 Å². The van der Waals surface area contributed by atoms with Gasteiger partial charge in [-0.15, -0.1) is 6.58 Å². The molecule has 1 aromatic heterocycles. The molecule has 0 bridgehead atoms. The maximum atomic E-state index is 11.8. The van der Waals surface area contributed by atoms with Crippen molar-refractivity contribution < 1.29 is 23.5 Å². The number of hydrogen-bond donors (Lipinski definition) is 2. The van der Waals surface area contributed by atoms with Crippen LogP contribution in [0.3, 0.4) is 0 Å². The van der Waals surface area contributed by atoms with Crippen molar-refractivity contribution in [3.8, 4) is 11.5 Å². The molecule has 39 heavy (non-hydrogen) atoms. The summed E-state index contributed by atoms with van der Waals surface area (Å²) >= 11 is 0. The van der Waals surface area contributed by atoms with E-state index >= 15 is 0 Å². The Morgan fingerprint density at radius 3 is 2.33 bits per heavy atom. The van der Waals surface area contributed by atoms with E-state index in [-0.39, 0.29) is 17.7 Å². The summed E-state index contributed by atoms with van der Waals surface area (Å²) in [7, 11) is 0. The molecular formula is C32H36N2O5. The molecule has 0 atom stereocenters. The van der Waals surface area contributed by atoms with E-state index in [0.29, 0.717) is 39.1 Å². The van der Waals surface area contributed by atoms with Gasteiger partial charge in [0.25, 0.3) is 0 Å². The molecule has 7 nitrogen and oxygen atoms in total. The van der Waals surface area contributed by atoms with Crippen molar-refractivity contribution in [2.75, 3.05) is 26.3 Å². The van der Waals surface area contributed by atoms with Crippen LogP contribution in [0.4, 0.5) is 0 Å². The van der Waals surface area contributed by atoms with Crippen molar-refractivity contribution in [2.24, 2.45) is 5.92 Å². The lowest BCUT2D eigenvalue weighted by Gasteiger charge is -2.12. The first-order valence-corrected chi connectivity index (χ1v) is 13.4. The van der Waals surface area contributed by atoms with E-state index in [1.165, 1.54) is 0 Å². The van der Waals surface area contributed by atoms with Gasteiger partial charge in [0, 0.05) is 36.4 Å². The zero-order chi connectivity index (χ0) is 27.6. The fraction of sp³-hybridized carbons (Fsp3) is 0.312. The Kier molecular flexibility index (Phi) is 9.62. The Morgan fingerprint density at radius 1 is 0.897 bits per heavy atom. The average molecular weight is 529 g/mol.